The maximum absolute atomic E-state index is 12.0. The van der Waals surface area contributed by atoms with Gasteiger partial charge in [-0.3, -0.25) is 4.79 Å². The van der Waals surface area contributed by atoms with Gasteiger partial charge in [-0.15, -0.1) is 0 Å². The van der Waals surface area contributed by atoms with Crippen molar-refractivity contribution in [1.82, 2.24) is 9.58 Å². The Kier molecular flexibility index (Phi) is 2.52. The van der Waals surface area contributed by atoms with Crippen LogP contribution in [0, 0.1) is 0 Å². The standard InChI is InChI=1S/C15H15N3O/c1-10-13(15(19)18(3)16-10)8-11-9-17(2)14-7-5-4-6-12(11)14/h4-9H,1-3H3/b13-8-. The fourth-order valence-electron chi connectivity index (χ4n) is 2.46. The second kappa shape index (κ2) is 4.09. The minimum atomic E-state index is -0.0505. The Balaban J connectivity index is 2.17. The molecule has 4 nitrogen and oxygen atoms in total. The molecule has 19 heavy (non-hydrogen) atoms. The van der Waals surface area contributed by atoms with Gasteiger partial charge in [0.2, 0.25) is 0 Å². The van der Waals surface area contributed by atoms with Crippen LogP contribution in [-0.2, 0) is 11.8 Å². The Morgan fingerprint density at radius 2 is 1.95 bits per heavy atom. The van der Waals surface area contributed by atoms with E-state index in [0.717, 1.165) is 22.2 Å². The molecule has 1 aliphatic rings. The molecule has 0 fully saturated rings. The van der Waals surface area contributed by atoms with E-state index < -0.39 is 0 Å². The molecule has 2 aromatic rings. The molecule has 96 valence electrons. The number of hydrazone groups is 1. The van der Waals surface area contributed by atoms with Crippen LogP contribution in [0.5, 0.6) is 0 Å². The number of carbonyl (C=O) groups excluding carboxylic acids is 1. The van der Waals surface area contributed by atoms with Crippen LogP contribution < -0.4 is 0 Å². The first-order valence-corrected chi connectivity index (χ1v) is 6.17. The van der Waals surface area contributed by atoms with Crippen molar-refractivity contribution in [2.24, 2.45) is 12.1 Å². The van der Waals surface area contributed by atoms with Gasteiger partial charge in [0, 0.05) is 36.8 Å². The third-order valence-electron chi connectivity index (χ3n) is 3.44. The molecule has 2 heterocycles. The average molecular weight is 253 g/mol. The molecule has 0 aliphatic carbocycles. The largest absolute Gasteiger partial charge is 0.350 e. The van der Waals surface area contributed by atoms with Crippen LogP contribution in [0.2, 0.25) is 0 Å². The van der Waals surface area contributed by atoms with Gasteiger partial charge in [0.15, 0.2) is 0 Å². The van der Waals surface area contributed by atoms with Gasteiger partial charge in [0.05, 0.1) is 11.3 Å². The molecule has 0 atom stereocenters. The van der Waals surface area contributed by atoms with Crippen molar-refractivity contribution in [1.29, 1.82) is 0 Å². The highest BCUT2D eigenvalue weighted by Gasteiger charge is 2.24. The van der Waals surface area contributed by atoms with Crippen LogP contribution in [0.15, 0.2) is 41.1 Å². The van der Waals surface area contributed by atoms with E-state index in [1.54, 1.807) is 7.05 Å². The molecule has 0 saturated heterocycles. The van der Waals surface area contributed by atoms with Crippen LogP contribution in [0.3, 0.4) is 0 Å². The number of benzene rings is 1. The first kappa shape index (κ1) is 11.7. The zero-order valence-electron chi connectivity index (χ0n) is 11.2. The number of fused-ring (bicyclic) bond motifs is 1. The summed E-state index contributed by atoms with van der Waals surface area (Å²) in [5, 5.41) is 6.69. The molecule has 1 amide bonds. The van der Waals surface area contributed by atoms with Crippen molar-refractivity contribution >= 4 is 28.6 Å². The van der Waals surface area contributed by atoms with Gasteiger partial charge in [-0.05, 0) is 19.1 Å². The molecular weight excluding hydrogens is 238 g/mol. The Hall–Kier alpha value is -2.36. The summed E-state index contributed by atoms with van der Waals surface area (Å²) >= 11 is 0. The summed E-state index contributed by atoms with van der Waals surface area (Å²) in [6.07, 6.45) is 3.96. The van der Waals surface area contributed by atoms with Crippen molar-refractivity contribution < 1.29 is 4.79 Å². The normalized spacial score (nSPS) is 17.6. The molecule has 1 aromatic carbocycles. The van der Waals surface area contributed by atoms with E-state index in [0.29, 0.717) is 5.57 Å². The summed E-state index contributed by atoms with van der Waals surface area (Å²) in [5.41, 5.74) is 3.63. The first-order valence-electron chi connectivity index (χ1n) is 6.17. The van der Waals surface area contributed by atoms with Crippen LogP contribution in [0.25, 0.3) is 17.0 Å². The van der Waals surface area contributed by atoms with E-state index >= 15 is 0 Å². The van der Waals surface area contributed by atoms with Crippen LogP contribution in [0.4, 0.5) is 0 Å². The Bertz CT molecular complexity index is 737. The number of hydrogen-bond acceptors (Lipinski definition) is 2. The van der Waals surface area contributed by atoms with E-state index in [1.165, 1.54) is 5.01 Å². The highest BCUT2D eigenvalue weighted by Crippen LogP contribution is 2.24. The number of likely N-dealkylation sites (N-methyl/N-ethyl adjacent to an activating group) is 1. The van der Waals surface area contributed by atoms with Gasteiger partial charge in [0.25, 0.3) is 5.91 Å². The summed E-state index contributed by atoms with van der Waals surface area (Å²) in [5.74, 6) is -0.0505. The molecular formula is C15H15N3O. The number of nitrogens with zero attached hydrogens (tertiary/aromatic N) is 3. The second-order valence-corrected chi connectivity index (χ2v) is 4.78. The number of aromatic nitrogens is 1. The number of aryl methyl sites for hydroxylation is 1. The molecule has 4 heteroatoms. The van der Waals surface area contributed by atoms with Crippen molar-refractivity contribution in [3.8, 4) is 0 Å². The smallest absolute Gasteiger partial charge is 0.275 e. The number of hydrogen-bond donors (Lipinski definition) is 0. The Labute approximate surface area is 111 Å². The Morgan fingerprint density at radius 3 is 2.63 bits per heavy atom. The van der Waals surface area contributed by atoms with Gasteiger partial charge in [0.1, 0.15) is 0 Å². The van der Waals surface area contributed by atoms with Crippen molar-refractivity contribution in [3.05, 3.63) is 41.6 Å². The minimum absolute atomic E-state index is 0.0505. The number of amides is 1. The molecule has 1 aromatic heterocycles. The quantitative estimate of drug-likeness (QED) is 0.719. The molecule has 0 saturated carbocycles. The highest BCUT2D eigenvalue weighted by atomic mass is 16.2. The van der Waals surface area contributed by atoms with Crippen molar-refractivity contribution in [3.63, 3.8) is 0 Å². The molecule has 0 N–H and O–H groups in total. The topological polar surface area (TPSA) is 37.6 Å². The lowest BCUT2D eigenvalue weighted by atomic mass is 10.1. The lowest BCUT2D eigenvalue weighted by molar-refractivity contribution is -0.124. The summed E-state index contributed by atoms with van der Waals surface area (Å²) in [6, 6.07) is 8.16. The van der Waals surface area contributed by atoms with E-state index in [2.05, 4.69) is 21.8 Å². The number of para-hydroxylation sites is 1. The van der Waals surface area contributed by atoms with Gasteiger partial charge in [-0.1, -0.05) is 18.2 Å². The summed E-state index contributed by atoms with van der Waals surface area (Å²) in [7, 11) is 3.68. The molecule has 0 unspecified atom stereocenters. The van der Waals surface area contributed by atoms with E-state index in [1.807, 2.05) is 38.4 Å². The first-order chi connectivity index (χ1) is 9.08. The molecule has 0 radical (unpaired) electrons. The summed E-state index contributed by atoms with van der Waals surface area (Å²) in [4.78, 5) is 12.0. The fraction of sp³-hybridized carbons (Fsp3) is 0.200. The van der Waals surface area contributed by atoms with Crippen LogP contribution >= 0.6 is 0 Å². The van der Waals surface area contributed by atoms with E-state index in [9.17, 15) is 4.79 Å². The van der Waals surface area contributed by atoms with Gasteiger partial charge in [-0.2, -0.15) is 5.10 Å². The predicted molar refractivity (Wildman–Crippen MR) is 76.8 cm³/mol. The minimum Gasteiger partial charge on any atom is -0.350 e. The van der Waals surface area contributed by atoms with Gasteiger partial charge >= 0.3 is 0 Å². The lowest BCUT2D eigenvalue weighted by Crippen LogP contribution is -2.16. The summed E-state index contributed by atoms with van der Waals surface area (Å²) in [6.45, 7) is 1.86. The van der Waals surface area contributed by atoms with Gasteiger partial charge in [-0.25, -0.2) is 5.01 Å². The van der Waals surface area contributed by atoms with Crippen LogP contribution in [-0.4, -0.2) is 28.2 Å². The SMILES string of the molecule is CC1=NN(C)C(=O)/C1=C\c1cn(C)c2ccccc12. The van der Waals surface area contributed by atoms with E-state index in [4.69, 9.17) is 0 Å². The predicted octanol–water partition coefficient (Wildman–Crippen LogP) is 2.41. The highest BCUT2D eigenvalue weighted by molar-refractivity contribution is 6.27. The monoisotopic (exact) mass is 253 g/mol. The molecule has 1 aliphatic heterocycles. The van der Waals surface area contributed by atoms with Crippen molar-refractivity contribution in [2.75, 3.05) is 7.05 Å². The lowest BCUT2D eigenvalue weighted by Gasteiger charge is -2.01. The summed E-state index contributed by atoms with van der Waals surface area (Å²) < 4.78 is 2.07. The molecule has 3 rings (SSSR count). The average Bonchev–Trinajstić information content (AvgIpc) is 2.83. The zero-order valence-corrected chi connectivity index (χ0v) is 11.2. The number of rotatable bonds is 1. The third-order valence-corrected chi connectivity index (χ3v) is 3.44. The molecule has 0 spiro atoms. The van der Waals surface area contributed by atoms with E-state index in [-0.39, 0.29) is 5.91 Å². The second-order valence-electron chi connectivity index (χ2n) is 4.78. The van der Waals surface area contributed by atoms with Crippen molar-refractivity contribution in [2.45, 2.75) is 6.92 Å². The Morgan fingerprint density at radius 1 is 1.21 bits per heavy atom. The zero-order chi connectivity index (χ0) is 13.6. The molecule has 0 bridgehead atoms. The third kappa shape index (κ3) is 1.76. The maximum Gasteiger partial charge on any atom is 0.275 e. The number of carbonyl (C=O) groups is 1. The van der Waals surface area contributed by atoms with Gasteiger partial charge < -0.3 is 4.57 Å². The maximum atomic E-state index is 12.0. The fourth-order valence-corrected chi connectivity index (χ4v) is 2.46. The van der Waals surface area contributed by atoms with Crippen LogP contribution in [0.1, 0.15) is 12.5 Å².